The van der Waals surface area contributed by atoms with Crippen LogP contribution in [0.4, 0.5) is 0 Å². The molecule has 0 aliphatic heterocycles. The topological polar surface area (TPSA) is 56.2 Å². The molecule has 2 aromatic carbocycles. The van der Waals surface area contributed by atoms with Crippen molar-refractivity contribution in [2.45, 2.75) is 38.8 Å². The first-order valence-electron chi connectivity index (χ1n) is 9.80. The number of rotatable bonds is 5. The van der Waals surface area contributed by atoms with E-state index < -0.39 is 0 Å². The number of benzene rings is 2. The van der Waals surface area contributed by atoms with E-state index in [9.17, 15) is 4.79 Å². The molecular formula is C23H25N3O2. The van der Waals surface area contributed by atoms with Gasteiger partial charge in [-0.05, 0) is 55.5 Å². The van der Waals surface area contributed by atoms with Crippen molar-refractivity contribution in [1.82, 2.24) is 15.1 Å². The van der Waals surface area contributed by atoms with Crippen molar-refractivity contribution >= 4 is 5.91 Å². The van der Waals surface area contributed by atoms with Crippen molar-refractivity contribution in [3.05, 3.63) is 71.4 Å². The van der Waals surface area contributed by atoms with E-state index in [-0.39, 0.29) is 11.9 Å². The molecule has 3 aromatic rings. The highest BCUT2D eigenvalue weighted by Crippen LogP contribution is 2.30. The number of carbonyl (C=O) groups is 1. The van der Waals surface area contributed by atoms with Crippen LogP contribution in [-0.2, 0) is 13.0 Å². The largest absolute Gasteiger partial charge is 0.497 e. The molecule has 0 saturated heterocycles. The van der Waals surface area contributed by atoms with E-state index in [4.69, 9.17) is 4.74 Å². The number of methoxy groups -OCH3 is 1. The molecule has 1 heterocycles. The number of ether oxygens (including phenoxy) is 1. The normalized spacial score (nSPS) is 15.7. The van der Waals surface area contributed by atoms with Crippen LogP contribution in [0.5, 0.6) is 5.75 Å². The number of hydrogen-bond acceptors (Lipinski definition) is 3. The van der Waals surface area contributed by atoms with Gasteiger partial charge >= 0.3 is 0 Å². The summed E-state index contributed by atoms with van der Waals surface area (Å²) in [4.78, 5) is 12.9. The van der Waals surface area contributed by atoms with Crippen molar-refractivity contribution in [1.29, 1.82) is 0 Å². The average molecular weight is 375 g/mol. The van der Waals surface area contributed by atoms with Gasteiger partial charge in [0.2, 0.25) is 0 Å². The lowest BCUT2D eigenvalue weighted by atomic mass is 9.87. The molecule has 1 aromatic heterocycles. The van der Waals surface area contributed by atoms with Crippen molar-refractivity contribution in [2.75, 3.05) is 7.11 Å². The molecule has 1 aliphatic carbocycles. The Bertz CT molecular complexity index is 993. The predicted molar refractivity (Wildman–Crippen MR) is 109 cm³/mol. The van der Waals surface area contributed by atoms with Gasteiger partial charge in [-0.1, -0.05) is 36.4 Å². The molecular weight excluding hydrogens is 350 g/mol. The van der Waals surface area contributed by atoms with Crippen molar-refractivity contribution in [3.8, 4) is 17.0 Å². The van der Waals surface area contributed by atoms with Crippen LogP contribution in [0, 0.1) is 0 Å². The van der Waals surface area contributed by atoms with Gasteiger partial charge in [-0.15, -0.1) is 0 Å². The Morgan fingerprint density at radius 1 is 1.21 bits per heavy atom. The van der Waals surface area contributed by atoms with Crippen LogP contribution >= 0.6 is 0 Å². The third-order valence-corrected chi connectivity index (χ3v) is 5.35. The molecule has 0 saturated carbocycles. The summed E-state index contributed by atoms with van der Waals surface area (Å²) in [7, 11) is 1.65. The summed E-state index contributed by atoms with van der Waals surface area (Å²) in [6.07, 6.45) is 3.12. The second kappa shape index (κ2) is 7.89. The molecule has 4 rings (SSSR count). The standard InChI is InChI=1S/C23H25N3O2/c1-3-26-22(17-10-6-11-18(14-17)28-2)15-21(25-26)23(27)24-20-13-7-9-16-8-4-5-12-19(16)20/h4-6,8,10-12,14-15,20H,3,7,9,13H2,1-2H3,(H,24,27)/t20-/m0/s1. The molecule has 0 unspecified atom stereocenters. The van der Waals surface area contributed by atoms with Crippen molar-refractivity contribution < 1.29 is 9.53 Å². The zero-order valence-electron chi connectivity index (χ0n) is 16.3. The van der Waals surface area contributed by atoms with Crippen molar-refractivity contribution in [2.24, 2.45) is 0 Å². The predicted octanol–water partition coefficient (Wildman–Crippen LogP) is 4.39. The molecule has 1 atom stereocenters. The number of nitrogens with one attached hydrogen (secondary N) is 1. The third kappa shape index (κ3) is 3.52. The zero-order chi connectivity index (χ0) is 19.5. The highest BCUT2D eigenvalue weighted by atomic mass is 16.5. The molecule has 5 nitrogen and oxygen atoms in total. The lowest BCUT2D eigenvalue weighted by Gasteiger charge is -2.26. The van der Waals surface area contributed by atoms with Crippen LogP contribution in [0.1, 0.15) is 47.4 Å². The van der Waals surface area contributed by atoms with Crippen LogP contribution in [-0.4, -0.2) is 22.8 Å². The maximum absolute atomic E-state index is 12.9. The summed E-state index contributed by atoms with van der Waals surface area (Å²) in [6.45, 7) is 2.71. The maximum Gasteiger partial charge on any atom is 0.272 e. The Kier molecular flexibility index (Phi) is 5.15. The molecule has 1 N–H and O–H groups in total. The van der Waals surface area contributed by atoms with Crippen LogP contribution in [0.2, 0.25) is 0 Å². The summed E-state index contributed by atoms with van der Waals surface area (Å²) in [5.41, 5.74) is 4.90. The summed E-state index contributed by atoms with van der Waals surface area (Å²) in [5, 5.41) is 7.74. The Labute approximate surface area is 165 Å². The van der Waals surface area contributed by atoms with E-state index in [1.54, 1.807) is 7.11 Å². The number of carbonyl (C=O) groups excluding carboxylic acids is 1. The van der Waals surface area contributed by atoms with Gasteiger partial charge in [0.25, 0.3) is 5.91 Å². The van der Waals surface area contributed by atoms with Gasteiger partial charge in [0.05, 0.1) is 18.8 Å². The van der Waals surface area contributed by atoms with E-state index in [1.165, 1.54) is 11.1 Å². The second-order valence-corrected chi connectivity index (χ2v) is 7.08. The molecule has 1 amide bonds. The van der Waals surface area contributed by atoms with E-state index in [0.29, 0.717) is 12.2 Å². The van der Waals surface area contributed by atoms with E-state index in [0.717, 1.165) is 36.3 Å². The minimum absolute atomic E-state index is 0.0458. The fraction of sp³-hybridized carbons (Fsp3) is 0.304. The monoisotopic (exact) mass is 375 g/mol. The fourth-order valence-corrected chi connectivity index (χ4v) is 3.92. The molecule has 0 spiro atoms. The van der Waals surface area contributed by atoms with E-state index >= 15 is 0 Å². The first-order valence-corrected chi connectivity index (χ1v) is 9.80. The highest BCUT2D eigenvalue weighted by Gasteiger charge is 2.23. The van der Waals surface area contributed by atoms with Gasteiger partial charge in [-0.2, -0.15) is 5.10 Å². The number of nitrogens with zero attached hydrogens (tertiary/aromatic N) is 2. The lowest BCUT2D eigenvalue weighted by molar-refractivity contribution is 0.0927. The van der Waals surface area contributed by atoms with Gasteiger partial charge in [0.1, 0.15) is 5.75 Å². The molecule has 0 bridgehead atoms. The minimum atomic E-state index is -0.127. The minimum Gasteiger partial charge on any atom is -0.497 e. The number of amides is 1. The number of hydrogen-bond donors (Lipinski definition) is 1. The molecule has 28 heavy (non-hydrogen) atoms. The molecule has 144 valence electrons. The maximum atomic E-state index is 12.9. The first kappa shape index (κ1) is 18.3. The SMILES string of the molecule is CCn1nc(C(=O)N[C@H]2CCCc3ccccc32)cc1-c1cccc(OC)c1. The quantitative estimate of drug-likeness (QED) is 0.720. The molecule has 0 radical (unpaired) electrons. The Hall–Kier alpha value is -3.08. The first-order chi connectivity index (χ1) is 13.7. The van der Waals surface area contributed by atoms with Gasteiger partial charge in [-0.3, -0.25) is 9.48 Å². The van der Waals surface area contributed by atoms with Crippen molar-refractivity contribution in [3.63, 3.8) is 0 Å². The number of aryl methyl sites for hydroxylation is 2. The van der Waals surface area contributed by atoms with Crippen LogP contribution in [0.3, 0.4) is 0 Å². The molecule has 5 heteroatoms. The summed E-state index contributed by atoms with van der Waals surface area (Å²) < 4.78 is 7.19. The highest BCUT2D eigenvalue weighted by molar-refractivity contribution is 5.93. The Morgan fingerprint density at radius 2 is 2.07 bits per heavy atom. The Morgan fingerprint density at radius 3 is 2.89 bits per heavy atom. The summed E-state index contributed by atoms with van der Waals surface area (Å²) in [6, 6.07) is 18.1. The number of aromatic nitrogens is 2. The van der Waals surface area contributed by atoms with Crippen LogP contribution in [0.15, 0.2) is 54.6 Å². The zero-order valence-corrected chi connectivity index (χ0v) is 16.3. The summed E-state index contributed by atoms with van der Waals surface area (Å²) in [5.74, 6) is 0.657. The fourth-order valence-electron chi connectivity index (χ4n) is 3.92. The van der Waals surface area contributed by atoms with Crippen LogP contribution < -0.4 is 10.1 Å². The summed E-state index contributed by atoms with van der Waals surface area (Å²) >= 11 is 0. The second-order valence-electron chi connectivity index (χ2n) is 7.08. The molecule has 0 fully saturated rings. The van der Waals surface area contributed by atoms with Gasteiger partial charge in [-0.25, -0.2) is 0 Å². The van der Waals surface area contributed by atoms with Crippen LogP contribution in [0.25, 0.3) is 11.3 Å². The van der Waals surface area contributed by atoms with E-state index in [1.807, 2.05) is 48.0 Å². The average Bonchev–Trinajstić information content (AvgIpc) is 3.19. The van der Waals surface area contributed by atoms with Gasteiger partial charge < -0.3 is 10.1 Å². The molecule has 1 aliphatic rings. The van der Waals surface area contributed by atoms with E-state index in [2.05, 4.69) is 28.6 Å². The lowest BCUT2D eigenvalue weighted by Crippen LogP contribution is -2.31. The Balaban J connectivity index is 1.60. The third-order valence-electron chi connectivity index (χ3n) is 5.35. The number of fused-ring (bicyclic) bond motifs is 1. The van der Waals surface area contributed by atoms with Gasteiger partial charge in [0, 0.05) is 12.1 Å². The van der Waals surface area contributed by atoms with Gasteiger partial charge in [0.15, 0.2) is 5.69 Å². The smallest absolute Gasteiger partial charge is 0.272 e.